The molecular weight excluding hydrogens is 309 g/mol. The highest BCUT2D eigenvalue weighted by atomic mass is 35.5. The Labute approximate surface area is 125 Å². The zero-order valence-corrected chi connectivity index (χ0v) is 12.6. The van der Waals surface area contributed by atoms with Crippen LogP contribution < -0.4 is 0 Å². The van der Waals surface area contributed by atoms with Gasteiger partial charge in [-0.25, -0.2) is 0 Å². The molecule has 0 atom stereocenters. The third-order valence-electron chi connectivity index (χ3n) is 2.46. The number of thioether (sulfide) groups is 1. The number of carbonyl (C=O) groups excluding carboxylic acids is 1. The number of halogens is 2. The van der Waals surface area contributed by atoms with Gasteiger partial charge < -0.3 is 0 Å². The van der Waals surface area contributed by atoms with E-state index in [2.05, 4.69) is 0 Å². The largest absolute Gasteiger partial charge is 0.293 e. The van der Waals surface area contributed by atoms with Crippen molar-refractivity contribution in [2.24, 2.45) is 0 Å². The number of hydrogen-bond donors (Lipinski definition) is 0. The minimum absolute atomic E-state index is 0.0940. The summed E-state index contributed by atoms with van der Waals surface area (Å²) >= 11 is 18.5. The highest BCUT2D eigenvalue weighted by Crippen LogP contribution is 2.35. The Kier molecular flexibility index (Phi) is 4.33. The first-order valence-electron chi connectivity index (χ1n) is 5.24. The maximum atomic E-state index is 12.0. The summed E-state index contributed by atoms with van der Waals surface area (Å²) in [7, 11) is 0. The van der Waals surface area contributed by atoms with E-state index in [1.807, 2.05) is 6.92 Å². The summed E-state index contributed by atoms with van der Waals surface area (Å²) in [4.78, 5) is 14.1. The van der Waals surface area contributed by atoms with Crippen molar-refractivity contribution in [1.29, 1.82) is 0 Å². The topological polar surface area (TPSA) is 20.3 Å². The maximum absolute atomic E-state index is 12.0. The van der Waals surface area contributed by atoms with Crippen molar-refractivity contribution >= 4 is 63.5 Å². The van der Waals surface area contributed by atoms with E-state index in [1.165, 1.54) is 11.8 Å². The van der Waals surface area contributed by atoms with Crippen LogP contribution in [0.25, 0.3) is 6.08 Å². The van der Waals surface area contributed by atoms with Gasteiger partial charge in [-0.3, -0.25) is 9.69 Å². The molecule has 1 aromatic carbocycles. The van der Waals surface area contributed by atoms with Crippen LogP contribution >= 0.6 is 47.2 Å². The second-order valence-electron chi connectivity index (χ2n) is 3.56. The Bertz CT molecular complexity index is 537. The number of amides is 1. The van der Waals surface area contributed by atoms with Gasteiger partial charge in [0, 0.05) is 22.2 Å². The molecule has 0 saturated carbocycles. The van der Waals surface area contributed by atoms with Crippen LogP contribution in [-0.4, -0.2) is 21.7 Å². The van der Waals surface area contributed by atoms with E-state index in [9.17, 15) is 4.79 Å². The van der Waals surface area contributed by atoms with Gasteiger partial charge in [0.1, 0.15) is 4.32 Å². The number of carbonyl (C=O) groups is 1. The molecule has 1 aromatic rings. The van der Waals surface area contributed by atoms with Crippen LogP contribution in [0, 0.1) is 0 Å². The van der Waals surface area contributed by atoms with Crippen LogP contribution in [0.15, 0.2) is 23.1 Å². The number of hydrogen-bond acceptors (Lipinski definition) is 3. The van der Waals surface area contributed by atoms with E-state index in [0.717, 1.165) is 0 Å². The zero-order chi connectivity index (χ0) is 13.3. The molecule has 0 aliphatic carbocycles. The number of nitrogens with zero attached hydrogens (tertiary/aromatic N) is 1. The monoisotopic (exact) mass is 317 g/mol. The van der Waals surface area contributed by atoms with Crippen molar-refractivity contribution in [2.75, 3.05) is 6.54 Å². The molecule has 0 spiro atoms. The summed E-state index contributed by atoms with van der Waals surface area (Å²) < 4.78 is 0.567. The van der Waals surface area contributed by atoms with Crippen molar-refractivity contribution < 1.29 is 4.79 Å². The average molecular weight is 318 g/mol. The van der Waals surface area contributed by atoms with Crippen LogP contribution in [0.5, 0.6) is 0 Å². The predicted molar refractivity (Wildman–Crippen MR) is 82.0 cm³/mol. The van der Waals surface area contributed by atoms with Crippen molar-refractivity contribution in [1.82, 2.24) is 4.90 Å². The van der Waals surface area contributed by atoms with Gasteiger partial charge in [-0.2, -0.15) is 0 Å². The van der Waals surface area contributed by atoms with Crippen LogP contribution in [0.2, 0.25) is 10.0 Å². The van der Waals surface area contributed by atoms with Crippen molar-refractivity contribution in [3.63, 3.8) is 0 Å². The molecule has 1 amide bonds. The van der Waals surface area contributed by atoms with E-state index in [1.54, 1.807) is 29.2 Å². The van der Waals surface area contributed by atoms with E-state index in [0.29, 0.717) is 31.4 Å². The molecule has 1 heterocycles. The lowest BCUT2D eigenvalue weighted by molar-refractivity contribution is -0.121. The van der Waals surface area contributed by atoms with Gasteiger partial charge in [0.25, 0.3) is 5.91 Å². The van der Waals surface area contributed by atoms with Gasteiger partial charge in [-0.1, -0.05) is 53.2 Å². The molecule has 0 bridgehead atoms. The molecular formula is C12H9Cl2NOS2. The molecule has 0 radical (unpaired) electrons. The third-order valence-corrected chi connectivity index (χ3v) is 4.50. The predicted octanol–water partition coefficient (Wildman–Crippen LogP) is 4.21. The number of likely N-dealkylation sites (N-methyl/N-ethyl adjacent to an activating group) is 1. The lowest BCUT2D eigenvalue weighted by Crippen LogP contribution is -2.27. The molecule has 1 saturated heterocycles. The Balaban J connectivity index is 2.41. The van der Waals surface area contributed by atoms with Gasteiger partial charge in [0.05, 0.1) is 4.91 Å². The Hall–Kier alpha value is -0.550. The Morgan fingerprint density at radius 1 is 1.39 bits per heavy atom. The molecule has 2 rings (SSSR count). The minimum atomic E-state index is -0.0940. The average Bonchev–Trinajstić information content (AvgIpc) is 2.59. The highest BCUT2D eigenvalue weighted by Gasteiger charge is 2.30. The summed E-state index contributed by atoms with van der Waals surface area (Å²) in [6, 6.07) is 5.24. The molecule has 18 heavy (non-hydrogen) atoms. The van der Waals surface area contributed by atoms with Crippen LogP contribution in [0.3, 0.4) is 0 Å². The van der Waals surface area contributed by atoms with Crippen LogP contribution in [0.4, 0.5) is 0 Å². The van der Waals surface area contributed by atoms with E-state index in [4.69, 9.17) is 35.4 Å². The summed E-state index contributed by atoms with van der Waals surface area (Å²) in [6.45, 7) is 2.45. The highest BCUT2D eigenvalue weighted by molar-refractivity contribution is 8.26. The Morgan fingerprint density at radius 3 is 2.50 bits per heavy atom. The molecule has 1 fully saturated rings. The van der Waals surface area contributed by atoms with Crippen molar-refractivity contribution in [3.8, 4) is 0 Å². The second-order valence-corrected chi connectivity index (χ2v) is 6.05. The van der Waals surface area contributed by atoms with Gasteiger partial charge >= 0.3 is 0 Å². The van der Waals surface area contributed by atoms with Crippen LogP contribution in [0.1, 0.15) is 12.5 Å². The second kappa shape index (κ2) is 5.61. The van der Waals surface area contributed by atoms with Crippen molar-refractivity contribution in [2.45, 2.75) is 6.92 Å². The number of thiocarbonyl (C=S) groups is 1. The fraction of sp³-hybridized carbons (Fsp3) is 0.167. The smallest absolute Gasteiger partial charge is 0.266 e. The molecule has 0 unspecified atom stereocenters. The molecule has 0 aromatic heterocycles. The first kappa shape index (κ1) is 13.9. The van der Waals surface area contributed by atoms with Gasteiger partial charge in [0.15, 0.2) is 0 Å². The fourth-order valence-electron chi connectivity index (χ4n) is 1.55. The quantitative estimate of drug-likeness (QED) is 0.602. The number of rotatable bonds is 2. The van der Waals surface area contributed by atoms with Gasteiger partial charge in [-0.15, -0.1) is 0 Å². The fourth-order valence-corrected chi connectivity index (χ4v) is 3.42. The normalized spacial score (nSPS) is 17.9. The van der Waals surface area contributed by atoms with Crippen LogP contribution in [-0.2, 0) is 4.79 Å². The summed E-state index contributed by atoms with van der Waals surface area (Å²) in [6.07, 6.45) is 1.69. The summed E-state index contributed by atoms with van der Waals surface area (Å²) in [5.41, 5.74) is 0.650. The summed E-state index contributed by atoms with van der Waals surface area (Å²) in [5, 5.41) is 1.04. The standard InChI is InChI=1S/C12H9Cl2NOS2/c1-2-15-11(16)10(18-12(15)17)6-7-8(13)4-3-5-9(7)14/h3-6H,2H2,1H3. The molecule has 1 aliphatic rings. The number of benzene rings is 1. The van der Waals surface area contributed by atoms with E-state index in [-0.39, 0.29) is 5.91 Å². The molecule has 94 valence electrons. The first-order chi connectivity index (χ1) is 8.54. The lowest BCUT2D eigenvalue weighted by atomic mass is 10.2. The van der Waals surface area contributed by atoms with Gasteiger partial charge in [0.2, 0.25) is 0 Å². The SMILES string of the molecule is CCN1C(=O)C(=Cc2c(Cl)cccc2Cl)SC1=S. The van der Waals surface area contributed by atoms with Gasteiger partial charge in [-0.05, 0) is 25.1 Å². The van der Waals surface area contributed by atoms with Crippen molar-refractivity contribution in [3.05, 3.63) is 38.7 Å². The Morgan fingerprint density at radius 2 is 2.00 bits per heavy atom. The summed E-state index contributed by atoms with van der Waals surface area (Å²) in [5.74, 6) is -0.0940. The molecule has 2 nitrogen and oxygen atoms in total. The maximum Gasteiger partial charge on any atom is 0.266 e. The minimum Gasteiger partial charge on any atom is -0.293 e. The van der Waals surface area contributed by atoms with E-state index >= 15 is 0 Å². The lowest BCUT2D eigenvalue weighted by Gasteiger charge is -2.09. The molecule has 6 heteroatoms. The van der Waals surface area contributed by atoms with E-state index < -0.39 is 0 Å². The third kappa shape index (κ3) is 2.57. The first-order valence-corrected chi connectivity index (χ1v) is 7.22. The zero-order valence-electron chi connectivity index (χ0n) is 9.44. The molecule has 0 N–H and O–H groups in total. The molecule has 1 aliphatic heterocycles.